The lowest BCUT2D eigenvalue weighted by atomic mass is 10.1. The van der Waals surface area contributed by atoms with Gasteiger partial charge in [-0.05, 0) is 17.7 Å². The van der Waals surface area contributed by atoms with Gasteiger partial charge in [0.05, 0.1) is 34.7 Å². The summed E-state index contributed by atoms with van der Waals surface area (Å²) in [6.07, 6.45) is 7.04. The third-order valence-electron chi connectivity index (χ3n) is 3.85. The molecule has 2 heterocycles. The Hall–Kier alpha value is -3.60. The normalized spacial score (nSPS) is 11.2. The highest BCUT2D eigenvalue weighted by Crippen LogP contribution is 2.20. The van der Waals surface area contributed by atoms with Gasteiger partial charge >= 0.3 is 0 Å². The molecule has 0 aliphatic carbocycles. The van der Waals surface area contributed by atoms with Crippen LogP contribution in [-0.4, -0.2) is 20.2 Å². The third-order valence-corrected chi connectivity index (χ3v) is 3.85. The molecule has 0 amide bonds. The summed E-state index contributed by atoms with van der Waals surface area (Å²) in [5.41, 5.74) is 3.96. The van der Waals surface area contributed by atoms with Gasteiger partial charge in [-0.1, -0.05) is 54.6 Å². The lowest BCUT2D eigenvalue weighted by molar-refractivity contribution is 0.985. The maximum Gasteiger partial charge on any atom is 0.274 e. The summed E-state index contributed by atoms with van der Waals surface area (Å²) in [6, 6.07) is 17.4. The molecule has 0 bridgehead atoms. The van der Waals surface area contributed by atoms with E-state index in [1.165, 1.54) is 0 Å². The van der Waals surface area contributed by atoms with Crippen molar-refractivity contribution in [3.8, 4) is 11.3 Å². The minimum Gasteiger partial charge on any atom is -0.267 e. The van der Waals surface area contributed by atoms with Crippen LogP contribution in [0.15, 0.2) is 71.8 Å². The van der Waals surface area contributed by atoms with Crippen LogP contribution in [0.4, 0.5) is 0 Å². The van der Waals surface area contributed by atoms with Crippen molar-refractivity contribution in [1.82, 2.24) is 20.2 Å². The van der Waals surface area contributed by atoms with Crippen molar-refractivity contribution in [3.63, 3.8) is 0 Å². The van der Waals surface area contributed by atoms with Gasteiger partial charge in [0, 0.05) is 5.56 Å². The lowest BCUT2D eigenvalue weighted by Gasteiger charge is -2.05. The summed E-state index contributed by atoms with van der Waals surface area (Å²) in [5, 5.41) is 6.39. The predicted molar refractivity (Wildman–Crippen MR) is 98.8 cm³/mol. The third kappa shape index (κ3) is 3.07. The molecular formula is C20H14N4O. The number of hydrogen-bond acceptors (Lipinski definition) is 4. The highest BCUT2D eigenvalue weighted by molar-refractivity contribution is 5.81. The van der Waals surface area contributed by atoms with Crippen molar-refractivity contribution in [1.29, 1.82) is 0 Å². The van der Waals surface area contributed by atoms with Crippen molar-refractivity contribution >= 4 is 23.2 Å². The van der Waals surface area contributed by atoms with Gasteiger partial charge in [0.1, 0.15) is 0 Å². The molecule has 0 unspecified atom stereocenters. The zero-order valence-electron chi connectivity index (χ0n) is 13.3. The number of rotatable bonds is 3. The Kier molecular flexibility index (Phi) is 3.88. The Balaban J connectivity index is 1.83. The summed E-state index contributed by atoms with van der Waals surface area (Å²) >= 11 is 0. The maximum atomic E-state index is 12.4. The first kappa shape index (κ1) is 15.0. The molecule has 0 fully saturated rings. The van der Waals surface area contributed by atoms with E-state index in [1.807, 2.05) is 66.7 Å². The standard InChI is InChI=1S/C20H14N4O/c25-20-19(18-13-21-16-8-4-5-9-17(16)23-18)15(12-22-24-20)11-10-14-6-2-1-3-7-14/h1-13H,(H,24,25). The minimum absolute atomic E-state index is 0.292. The van der Waals surface area contributed by atoms with Gasteiger partial charge in [0.25, 0.3) is 5.56 Å². The average molecular weight is 326 g/mol. The SMILES string of the molecule is O=c1[nH]ncc(C=Cc2ccccc2)c1-c1cnc2ccccc2n1. The van der Waals surface area contributed by atoms with Crippen LogP contribution in [0.3, 0.4) is 0 Å². The Morgan fingerprint density at radius 3 is 2.44 bits per heavy atom. The second-order valence-electron chi connectivity index (χ2n) is 5.52. The molecular weight excluding hydrogens is 312 g/mol. The molecule has 0 aliphatic heterocycles. The van der Waals surface area contributed by atoms with Crippen LogP contribution >= 0.6 is 0 Å². The fourth-order valence-corrected chi connectivity index (χ4v) is 2.63. The number of hydrogen-bond donors (Lipinski definition) is 1. The molecule has 5 nitrogen and oxygen atoms in total. The van der Waals surface area contributed by atoms with Crippen molar-refractivity contribution in [2.75, 3.05) is 0 Å². The van der Waals surface area contributed by atoms with Gasteiger partial charge in [0.2, 0.25) is 0 Å². The fraction of sp³-hybridized carbons (Fsp3) is 0. The first-order valence-corrected chi connectivity index (χ1v) is 7.84. The Bertz CT molecular complexity index is 1120. The molecule has 0 spiro atoms. The summed E-state index contributed by atoms with van der Waals surface area (Å²) in [6.45, 7) is 0. The number of para-hydroxylation sites is 2. The van der Waals surface area contributed by atoms with Gasteiger partial charge < -0.3 is 0 Å². The predicted octanol–water partition coefficient (Wildman–Crippen LogP) is 3.55. The molecule has 0 saturated heterocycles. The number of H-pyrrole nitrogens is 1. The van der Waals surface area contributed by atoms with Crippen LogP contribution in [-0.2, 0) is 0 Å². The maximum absolute atomic E-state index is 12.4. The second kappa shape index (κ2) is 6.49. The van der Waals surface area contributed by atoms with Crippen molar-refractivity contribution in [2.45, 2.75) is 0 Å². The van der Waals surface area contributed by atoms with E-state index in [4.69, 9.17) is 0 Å². The van der Waals surface area contributed by atoms with Crippen LogP contribution in [0.25, 0.3) is 34.4 Å². The number of aromatic amines is 1. The molecule has 4 aromatic rings. The molecule has 0 radical (unpaired) electrons. The van der Waals surface area contributed by atoms with Gasteiger partial charge in [-0.2, -0.15) is 5.10 Å². The van der Waals surface area contributed by atoms with E-state index in [0.29, 0.717) is 16.8 Å². The van der Waals surface area contributed by atoms with Crippen LogP contribution in [0.1, 0.15) is 11.1 Å². The van der Waals surface area contributed by atoms with Crippen molar-refractivity contribution < 1.29 is 0 Å². The summed E-state index contributed by atoms with van der Waals surface area (Å²) in [7, 11) is 0. The van der Waals surface area contributed by atoms with E-state index in [0.717, 1.165) is 16.6 Å². The Morgan fingerprint density at radius 1 is 0.840 bits per heavy atom. The molecule has 2 aromatic heterocycles. The van der Waals surface area contributed by atoms with Crippen LogP contribution in [0.5, 0.6) is 0 Å². The molecule has 0 atom stereocenters. The van der Waals surface area contributed by atoms with Crippen LogP contribution in [0, 0.1) is 0 Å². The zero-order valence-corrected chi connectivity index (χ0v) is 13.3. The summed E-state index contributed by atoms with van der Waals surface area (Å²) < 4.78 is 0. The van der Waals surface area contributed by atoms with Gasteiger partial charge in [-0.3, -0.25) is 9.78 Å². The van der Waals surface area contributed by atoms with Gasteiger partial charge in [0.15, 0.2) is 0 Å². The van der Waals surface area contributed by atoms with Crippen molar-refractivity contribution in [3.05, 3.63) is 88.5 Å². The first-order valence-electron chi connectivity index (χ1n) is 7.84. The molecule has 5 heteroatoms. The Labute approximate surface area is 143 Å². The highest BCUT2D eigenvalue weighted by atomic mass is 16.1. The molecule has 120 valence electrons. The number of nitrogens with zero attached hydrogens (tertiary/aromatic N) is 3. The van der Waals surface area contributed by atoms with Crippen LogP contribution < -0.4 is 5.56 Å². The van der Waals surface area contributed by atoms with E-state index in [9.17, 15) is 4.79 Å². The smallest absolute Gasteiger partial charge is 0.267 e. The zero-order chi connectivity index (χ0) is 17.1. The number of fused-ring (bicyclic) bond motifs is 1. The minimum atomic E-state index is -0.292. The lowest BCUT2D eigenvalue weighted by Crippen LogP contribution is -2.13. The number of benzene rings is 2. The molecule has 0 aliphatic rings. The van der Waals surface area contributed by atoms with Crippen LogP contribution in [0.2, 0.25) is 0 Å². The molecule has 1 N–H and O–H groups in total. The molecule has 2 aromatic carbocycles. The van der Waals surface area contributed by atoms with E-state index >= 15 is 0 Å². The van der Waals surface area contributed by atoms with E-state index in [2.05, 4.69) is 20.2 Å². The highest BCUT2D eigenvalue weighted by Gasteiger charge is 2.11. The Morgan fingerprint density at radius 2 is 1.60 bits per heavy atom. The summed E-state index contributed by atoms with van der Waals surface area (Å²) in [4.78, 5) is 21.3. The quantitative estimate of drug-likeness (QED) is 0.625. The second-order valence-corrected chi connectivity index (χ2v) is 5.52. The van der Waals surface area contributed by atoms with E-state index in [1.54, 1.807) is 12.4 Å². The van der Waals surface area contributed by atoms with E-state index in [-0.39, 0.29) is 5.56 Å². The summed E-state index contributed by atoms with van der Waals surface area (Å²) in [5.74, 6) is 0. The largest absolute Gasteiger partial charge is 0.274 e. The van der Waals surface area contributed by atoms with E-state index < -0.39 is 0 Å². The fourth-order valence-electron chi connectivity index (χ4n) is 2.63. The number of nitrogens with one attached hydrogen (secondary N) is 1. The first-order chi connectivity index (χ1) is 12.3. The topological polar surface area (TPSA) is 71.5 Å². The monoisotopic (exact) mass is 326 g/mol. The molecule has 25 heavy (non-hydrogen) atoms. The van der Waals surface area contributed by atoms with Crippen molar-refractivity contribution in [2.24, 2.45) is 0 Å². The molecule has 4 rings (SSSR count). The molecule has 0 saturated carbocycles. The average Bonchev–Trinajstić information content (AvgIpc) is 2.67. The number of aromatic nitrogens is 4. The van der Waals surface area contributed by atoms with Gasteiger partial charge in [-0.25, -0.2) is 10.1 Å². The van der Waals surface area contributed by atoms with Gasteiger partial charge in [-0.15, -0.1) is 0 Å².